The molecule has 2 heterocycles. The van der Waals surface area contributed by atoms with Crippen molar-refractivity contribution in [3.8, 4) is 28.7 Å². The van der Waals surface area contributed by atoms with Crippen LogP contribution in [0.1, 0.15) is 29.0 Å². The summed E-state index contributed by atoms with van der Waals surface area (Å²) in [6.45, 7) is 0. The van der Waals surface area contributed by atoms with Gasteiger partial charge < -0.3 is 26.7 Å². The Morgan fingerprint density at radius 2 is 2.21 bits per heavy atom. The fourth-order valence-electron chi connectivity index (χ4n) is 2.73. The number of nitrogens with zero attached hydrogens (tertiary/aromatic N) is 4. The van der Waals surface area contributed by atoms with Gasteiger partial charge in [-0.05, 0) is 30.0 Å². The standard InChI is InChI=1S/C16H14ClN4O2.C7H5N2S.Ni/c1-19-7-14(21-18)10-3-4-11(9-22)12(5-10)13-6-16(17)20-8-15(13)23-2;1-2-6(1)3-4-7-9-8-5-10-7;/h3-8H,18H2,1-2H3;6H,1-2H2;/q2*-1;+2/p+1/b19-7?,21-14+;;. The number of ether oxygens (including phenoxy) is 1. The van der Waals surface area contributed by atoms with Crippen LogP contribution in [0.2, 0.25) is 5.15 Å². The van der Waals surface area contributed by atoms with E-state index in [2.05, 4.69) is 42.6 Å². The molecule has 0 bridgehead atoms. The number of carbonyl (C=O) groups excluding carboxylic acids is 1. The Kier molecular flexibility index (Phi) is 10.8. The van der Waals surface area contributed by atoms with E-state index in [4.69, 9.17) is 22.2 Å². The van der Waals surface area contributed by atoms with Gasteiger partial charge in [0.1, 0.15) is 18.0 Å². The van der Waals surface area contributed by atoms with Crippen molar-refractivity contribution in [2.24, 2.45) is 16.9 Å². The summed E-state index contributed by atoms with van der Waals surface area (Å²) < 4.78 is 5.30. The first-order chi connectivity index (χ1) is 16.1. The number of nitrogens with two attached hydrogens (primary N) is 1. The summed E-state index contributed by atoms with van der Waals surface area (Å²) in [7, 11) is 3.26. The molecule has 0 atom stereocenters. The van der Waals surface area contributed by atoms with Crippen molar-refractivity contribution in [3.05, 3.63) is 57.3 Å². The van der Waals surface area contributed by atoms with E-state index in [9.17, 15) is 4.79 Å². The first-order valence-electron chi connectivity index (χ1n) is 9.81. The molecule has 1 aromatic carbocycles. The summed E-state index contributed by atoms with van der Waals surface area (Å²) in [5.41, 5.74) is 5.52. The molecule has 176 valence electrons. The number of halogens is 1. The zero-order valence-corrected chi connectivity index (χ0v) is 20.8. The third-order valence-corrected chi connectivity index (χ3v) is 5.23. The van der Waals surface area contributed by atoms with E-state index in [1.807, 2.05) is 6.29 Å². The van der Waals surface area contributed by atoms with E-state index in [0.29, 0.717) is 34.1 Å². The van der Waals surface area contributed by atoms with Crippen LogP contribution in [0.25, 0.3) is 11.1 Å². The average molecular weight is 539 g/mol. The molecule has 4 rings (SSSR count). The van der Waals surface area contributed by atoms with E-state index in [0.717, 1.165) is 10.6 Å². The Labute approximate surface area is 216 Å². The van der Waals surface area contributed by atoms with Crippen molar-refractivity contribution in [2.45, 2.75) is 12.8 Å². The number of methoxy groups -OCH3 is 1. The monoisotopic (exact) mass is 537 g/mol. The van der Waals surface area contributed by atoms with Crippen molar-refractivity contribution in [3.63, 3.8) is 0 Å². The zero-order chi connectivity index (χ0) is 23.6. The number of pyridine rings is 1. The van der Waals surface area contributed by atoms with Gasteiger partial charge in [0.25, 0.3) is 0 Å². The molecule has 2 aromatic heterocycles. The maximum atomic E-state index is 11.3. The number of rotatable bonds is 5. The fourth-order valence-corrected chi connectivity index (χ4v) is 3.25. The second kappa shape index (κ2) is 13.6. The zero-order valence-electron chi connectivity index (χ0n) is 18.2. The quantitative estimate of drug-likeness (QED) is 0.0965. The van der Waals surface area contributed by atoms with Gasteiger partial charge in [-0.1, -0.05) is 17.1 Å². The van der Waals surface area contributed by atoms with Crippen molar-refractivity contribution in [2.75, 3.05) is 14.2 Å². The SMILES string of the molecule is C(#CC1CC1)c1nn[c-]s1.C[NH+]=C/C(=N\N)c1ccc([C-]=O)c(-c2cc(Cl)ncc2OC)c1.[Ni+2]. The summed E-state index contributed by atoms with van der Waals surface area (Å²) in [5, 5.41) is 12.1. The third-order valence-electron chi connectivity index (χ3n) is 4.47. The molecule has 0 spiro atoms. The Balaban J connectivity index is 0.000000308. The van der Waals surface area contributed by atoms with E-state index in [1.54, 1.807) is 37.5 Å². The van der Waals surface area contributed by atoms with Crippen LogP contribution in [0, 0.1) is 23.3 Å². The fraction of sp³-hybridized carbons (Fsp3) is 0.217. The summed E-state index contributed by atoms with van der Waals surface area (Å²) in [5.74, 6) is 12.6. The first-order valence-corrected chi connectivity index (χ1v) is 11.0. The van der Waals surface area contributed by atoms with Crippen LogP contribution in [-0.4, -0.2) is 47.6 Å². The van der Waals surface area contributed by atoms with Gasteiger partial charge in [-0.2, -0.15) is 11.2 Å². The van der Waals surface area contributed by atoms with Crippen LogP contribution < -0.4 is 15.6 Å². The van der Waals surface area contributed by atoms with Crippen LogP contribution in [0.5, 0.6) is 5.75 Å². The molecule has 3 N–H and O–H groups in total. The number of hydrazone groups is 1. The summed E-state index contributed by atoms with van der Waals surface area (Å²) >= 11 is 7.35. The summed E-state index contributed by atoms with van der Waals surface area (Å²) in [4.78, 5) is 18.1. The molecule has 0 saturated heterocycles. The number of aromatic nitrogens is 3. The number of nitrogens with one attached hydrogen (secondary N) is 1. The number of hydrogen-bond acceptors (Lipinski definition) is 8. The van der Waals surface area contributed by atoms with Gasteiger partial charge in [-0.25, -0.2) is 15.1 Å². The molecule has 1 fully saturated rings. The van der Waals surface area contributed by atoms with E-state index in [-0.39, 0.29) is 21.6 Å². The second-order valence-corrected chi connectivity index (χ2v) is 7.92. The van der Waals surface area contributed by atoms with Gasteiger partial charge in [0.05, 0.1) is 19.6 Å². The molecule has 0 amide bonds. The van der Waals surface area contributed by atoms with Gasteiger partial charge in [-0.3, -0.25) is 5.10 Å². The van der Waals surface area contributed by atoms with Crippen LogP contribution in [0.4, 0.5) is 0 Å². The van der Waals surface area contributed by atoms with Gasteiger partial charge in [0.2, 0.25) is 0 Å². The first kappa shape index (κ1) is 27.1. The Bertz CT molecular complexity index is 1230. The minimum Gasteiger partial charge on any atom is -0.496 e. The normalized spacial score (nSPS) is 12.6. The molecule has 1 saturated carbocycles. The molecular formula is C23H20ClN6NiO2S+. The molecule has 11 heteroatoms. The van der Waals surface area contributed by atoms with E-state index >= 15 is 0 Å². The largest absolute Gasteiger partial charge is 2.00 e. The van der Waals surface area contributed by atoms with Gasteiger partial charge in [0.15, 0.2) is 11.9 Å². The van der Waals surface area contributed by atoms with Crippen LogP contribution in [-0.2, 0) is 21.3 Å². The van der Waals surface area contributed by atoms with E-state index in [1.165, 1.54) is 37.5 Å². The molecule has 8 nitrogen and oxygen atoms in total. The van der Waals surface area contributed by atoms with Crippen molar-refractivity contribution in [1.29, 1.82) is 0 Å². The second-order valence-electron chi connectivity index (χ2n) is 6.76. The van der Waals surface area contributed by atoms with Crippen LogP contribution >= 0.6 is 22.9 Å². The topological polar surface area (TPSA) is 117 Å². The van der Waals surface area contributed by atoms with E-state index < -0.39 is 0 Å². The minimum atomic E-state index is 0. The Morgan fingerprint density at radius 3 is 2.79 bits per heavy atom. The van der Waals surface area contributed by atoms with Crippen LogP contribution in [0.3, 0.4) is 0 Å². The predicted molar refractivity (Wildman–Crippen MR) is 128 cm³/mol. The van der Waals surface area contributed by atoms with Crippen molar-refractivity contribution < 1.29 is 31.0 Å². The maximum Gasteiger partial charge on any atom is 2.00 e. The molecule has 0 aliphatic heterocycles. The number of hydrogen-bond donors (Lipinski definition) is 2. The van der Waals surface area contributed by atoms with Crippen molar-refractivity contribution >= 4 is 41.2 Å². The molecule has 0 radical (unpaired) electrons. The van der Waals surface area contributed by atoms with Gasteiger partial charge in [-0.15, -0.1) is 35.1 Å². The summed E-state index contributed by atoms with van der Waals surface area (Å²) in [6.07, 6.45) is 7.58. The minimum absolute atomic E-state index is 0. The molecule has 0 unspecified atom stereocenters. The molecule has 3 aromatic rings. The van der Waals surface area contributed by atoms with Crippen molar-refractivity contribution in [1.82, 2.24) is 15.2 Å². The maximum absolute atomic E-state index is 11.3. The van der Waals surface area contributed by atoms with Gasteiger partial charge in [0, 0.05) is 10.9 Å². The molecule has 1 aliphatic carbocycles. The number of benzene rings is 1. The summed E-state index contributed by atoms with van der Waals surface area (Å²) in [6, 6.07) is 6.77. The average Bonchev–Trinajstić information content (AvgIpc) is 3.53. The smallest absolute Gasteiger partial charge is 0.496 e. The molecular weight excluding hydrogens is 519 g/mol. The third kappa shape index (κ3) is 7.46. The van der Waals surface area contributed by atoms with Gasteiger partial charge >= 0.3 is 16.5 Å². The van der Waals surface area contributed by atoms with Crippen LogP contribution in [0.15, 0.2) is 35.6 Å². The molecule has 1 aliphatic rings. The Hall–Kier alpha value is -3.12. The molecule has 34 heavy (non-hydrogen) atoms. The Morgan fingerprint density at radius 1 is 1.41 bits per heavy atom. The predicted octanol–water partition coefficient (Wildman–Crippen LogP) is 1.41.